The van der Waals surface area contributed by atoms with Crippen LogP contribution in [0.25, 0.3) is 0 Å². The summed E-state index contributed by atoms with van der Waals surface area (Å²) in [5.41, 5.74) is 1.05. The van der Waals surface area contributed by atoms with Gasteiger partial charge < -0.3 is 9.47 Å². The molecule has 0 amide bonds. The first kappa shape index (κ1) is 15.1. The summed E-state index contributed by atoms with van der Waals surface area (Å²) in [6.45, 7) is 0. The molecule has 1 aromatic carbocycles. The molecule has 0 aliphatic carbocycles. The van der Waals surface area contributed by atoms with Crippen LogP contribution in [-0.4, -0.2) is 33.1 Å². The average molecular weight is 414 g/mol. The normalized spacial score (nSPS) is 21.3. The maximum Gasteiger partial charge on any atom is 0.175 e. The topological polar surface area (TPSA) is 52.6 Å². The second-order valence-corrected chi connectivity index (χ2v) is 8.03. The lowest BCUT2D eigenvalue weighted by molar-refractivity contribution is 0.216. The van der Waals surface area contributed by atoms with Crippen LogP contribution in [0.4, 0.5) is 0 Å². The van der Waals surface area contributed by atoms with E-state index in [4.69, 9.17) is 9.47 Å². The lowest BCUT2D eigenvalue weighted by Gasteiger charge is -2.17. The maximum absolute atomic E-state index is 11.4. The van der Waals surface area contributed by atoms with Crippen molar-refractivity contribution < 1.29 is 17.9 Å². The van der Waals surface area contributed by atoms with Gasteiger partial charge in [-0.3, -0.25) is 0 Å². The summed E-state index contributed by atoms with van der Waals surface area (Å²) < 4.78 is 34.8. The van der Waals surface area contributed by atoms with E-state index in [9.17, 15) is 8.42 Å². The highest BCUT2D eigenvalue weighted by atomic mass is 79.9. The zero-order chi connectivity index (χ0) is 14.0. The summed E-state index contributed by atoms with van der Waals surface area (Å²) in [7, 11) is -1.38. The molecule has 4 nitrogen and oxygen atoms in total. The molecule has 1 aromatic rings. The Kier molecular flexibility index (Phi) is 4.79. The molecule has 1 unspecified atom stereocenters. The first-order valence-electron chi connectivity index (χ1n) is 5.74. The smallest absolute Gasteiger partial charge is 0.175 e. The van der Waals surface area contributed by atoms with E-state index in [0.29, 0.717) is 23.2 Å². The molecule has 1 aliphatic rings. The molecule has 0 spiro atoms. The number of methoxy groups -OCH3 is 1. The molecule has 1 atom stereocenters. The molecule has 1 saturated heterocycles. The van der Waals surface area contributed by atoms with Gasteiger partial charge in [0.25, 0.3) is 0 Å². The van der Waals surface area contributed by atoms with Crippen LogP contribution in [0.5, 0.6) is 11.5 Å². The SMILES string of the molecule is COc1cc(CBr)cc(Br)c1OC1CCS(=O)(=O)C1. The Bertz CT molecular complexity index is 571. The van der Waals surface area contributed by atoms with Crippen LogP contribution in [-0.2, 0) is 15.2 Å². The Morgan fingerprint density at radius 2 is 2.16 bits per heavy atom. The van der Waals surface area contributed by atoms with Crippen LogP contribution in [0.3, 0.4) is 0 Å². The minimum Gasteiger partial charge on any atom is -0.493 e. The predicted octanol–water partition coefficient (Wildman–Crippen LogP) is 2.92. The van der Waals surface area contributed by atoms with Crippen molar-refractivity contribution in [3.05, 3.63) is 22.2 Å². The van der Waals surface area contributed by atoms with Crippen molar-refractivity contribution in [1.29, 1.82) is 0 Å². The van der Waals surface area contributed by atoms with E-state index in [2.05, 4.69) is 31.9 Å². The molecule has 0 bridgehead atoms. The molecule has 1 heterocycles. The standard InChI is InChI=1S/C12H14Br2O4S/c1-17-11-5-8(6-13)4-10(14)12(11)18-9-2-3-19(15,16)7-9/h4-5,9H,2-3,6-7H2,1H3. The summed E-state index contributed by atoms with van der Waals surface area (Å²) in [5, 5.41) is 0.708. The van der Waals surface area contributed by atoms with Gasteiger partial charge in [-0.25, -0.2) is 8.42 Å². The molecule has 19 heavy (non-hydrogen) atoms. The monoisotopic (exact) mass is 412 g/mol. The van der Waals surface area contributed by atoms with E-state index in [1.807, 2.05) is 12.1 Å². The van der Waals surface area contributed by atoms with E-state index in [1.165, 1.54) is 0 Å². The minimum absolute atomic E-state index is 0.0722. The molecule has 7 heteroatoms. The zero-order valence-electron chi connectivity index (χ0n) is 10.4. The fraction of sp³-hybridized carbons (Fsp3) is 0.500. The van der Waals surface area contributed by atoms with Gasteiger partial charge in [0.15, 0.2) is 21.3 Å². The summed E-state index contributed by atoms with van der Waals surface area (Å²) >= 11 is 6.83. The summed E-state index contributed by atoms with van der Waals surface area (Å²) in [6.07, 6.45) is 0.225. The molecule has 106 valence electrons. The van der Waals surface area contributed by atoms with Crippen molar-refractivity contribution in [2.75, 3.05) is 18.6 Å². The van der Waals surface area contributed by atoms with Gasteiger partial charge in [0, 0.05) is 5.33 Å². The lowest BCUT2D eigenvalue weighted by Crippen LogP contribution is -2.18. The number of hydrogen-bond donors (Lipinski definition) is 0. The molecule has 0 saturated carbocycles. The van der Waals surface area contributed by atoms with E-state index in [-0.39, 0.29) is 17.6 Å². The van der Waals surface area contributed by atoms with Crippen LogP contribution in [0.15, 0.2) is 16.6 Å². The third kappa shape index (κ3) is 3.64. The highest BCUT2D eigenvalue weighted by Crippen LogP contribution is 2.38. The van der Waals surface area contributed by atoms with E-state index in [1.54, 1.807) is 7.11 Å². The number of hydrogen-bond acceptors (Lipinski definition) is 4. The van der Waals surface area contributed by atoms with Gasteiger partial charge in [-0.2, -0.15) is 0 Å². The molecule has 2 rings (SSSR count). The van der Waals surface area contributed by atoms with Crippen LogP contribution >= 0.6 is 31.9 Å². The lowest BCUT2D eigenvalue weighted by atomic mass is 10.2. The first-order chi connectivity index (χ1) is 8.95. The zero-order valence-corrected chi connectivity index (χ0v) is 14.3. The summed E-state index contributed by atoms with van der Waals surface area (Å²) in [4.78, 5) is 0. The second-order valence-electron chi connectivity index (χ2n) is 4.39. The summed E-state index contributed by atoms with van der Waals surface area (Å²) in [5.74, 6) is 1.43. The third-order valence-electron chi connectivity index (χ3n) is 2.92. The minimum atomic E-state index is -2.95. The van der Waals surface area contributed by atoms with Crippen LogP contribution in [0.1, 0.15) is 12.0 Å². The van der Waals surface area contributed by atoms with E-state index < -0.39 is 9.84 Å². The molecular formula is C12H14Br2O4S. The molecule has 0 radical (unpaired) electrons. The Morgan fingerprint density at radius 3 is 2.68 bits per heavy atom. The van der Waals surface area contributed by atoms with Gasteiger partial charge in [0.1, 0.15) is 6.10 Å². The fourth-order valence-corrected chi connectivity index (χ4v) is 4.48. The molecule has 0 N–H and O–H groups in total. The van der Waals surface area contributed by atoms with Gasteiger partial charge in [0.2, 0.25) is 0 Å². The number of halogens is 2. The van der Waals surface area contributed by atoms with Crippen LogP contribution in [0, 0.1) is 0 Å². The first-order valence-corrected chi connectivity index (χ1v) is 9.48. The highest BCUT2D eigenvalue weighted by molar-refractivity contribution is 9.10. The van der Waals surface area contributed by atoms with Crippen molar-refractivity contribution in [3.63, 3.8) is 0 Å². The van der Waals surface area contributed by atoms with Crippen molar-refractivity contribution in [2.45, 2.75) is 17.9 Å². The van der Waals surface area contributed by atoms with Crippen molar-refractivity contribution in [3.8, 4) is 11.5 Å². The molecular weight excluding hydrogens is 400 g/mol. The Balaban J connectivity index is 2.25. The third-order valence-corrected chi connectivity index (χ3v) is 5.89. The largest absolute Gasteiger partial charge is 0.493 e. The molecule has 0 aromatic heterocycles. The number of alkyl halides is 1. The average Bonchev–Trinajstić information content (AvgIpc) is 2.71. The van der Waals surface area contributed by atoms with E-state index in [0.717, 1.165) is 10.0 Å². The summed E-state index contributed by atoms with van der Waals surface area (Å²) in [6, 6.07) is 3.80. The molecule has 1 fully saturated rings. The van der Waals surface area contributed by atoms with Gasteiger partial charge in [0.05, 0.1) is 23.1 Å². The number of ether oxygens (including phenoxy) is 2. The number of sulfone groups is 1. The predicted molar refractivity (Wildman–Crippen MR) is 81.0 cm³/mol. The van der Waals surface area contributed by atoms with Crippen molar-refractivity contribution in [1.82, 2.24) is 0 Å². The Morgan fingerprint density at radius 1 is 1.42 bits per heavy atom. The quantitative estimate of drug-likeness (QED) is 0.712. The maximum atomic E-state index is 11.4. The van der Waals surface area contributed by atoms with Crippen molar-refractivity contribution >= 4 is 41.7 Å². The Labute approximate surface area is 129 Å². The number of benzene rings is 1. The van der Waals surface area contributed by atoms with Gasteiger partial charge in [-0.1, -0.05) is 15.9 Å². The van der Waals surface area contributed by atoms with Gasteiger partial charge >= 0.3 is 0 Å². The fourth-order valence-electron chi connectivity index (χ4n) is 1.99. The highest BCUT2D eigenvalue weighted by Gasteiger charge is 2.30. The van der Waals surface area contributed by atoms with Gasteiger partial charge in [-0.05, 0) is 40.0 Å². The second kappa shape index (κ2) is 6.01. The number of rotatable bonds is 4. The van der Waals surface area contributed by atoms with Crippen LogP contribution < -0.4 is 9.47 Å². The molecule has 1 aliphatic heterocycles. The van der Waals surface area contributed by atoms with Crippen molar-refractivity contribution in [2.24, 2.45) is 0 Å². The van der Waals surface area contributed by atoms with E-state index >= 15 is 0 Å². The van der Waals surface area contributed by atoms with Gasteiger partial charge in [-0.15, -0.1) is 0 Å². The van der Waals surface area contributed by atoms with Crippen LogP contribution in [0.2, 0.25) is 0 Å². The Hall–Kier alpha value is -0.270.